The molecule has 0 aliphatic rings. The molecule has 0 bridgehead atoms. The van der Waals surface area contributed by atoms with E-state index in [0.29, 0.717) is 26.9 Å². The first-order chi connectivity index (χ1) is 11.3. The fraction of sp³-hybridized carbons (Fsp3) is 0.118. The molecule has 0 radical (unpaired) electrons. The maximum absolute atomic E-state index is 12.2. The van der Waals surface area contributed by atoms with Crippen LogP contribution in [0.25, 0.3) is 6.08 Å². The van der Waals surface area contributed by atoms with Gasteiger partial charge in [-0.25, -0.2) is 8.42 Å². The van der Waals surface area contributed by atoms with Crippen LogP contribution in [0, 0.1) is 0 Å². The molecule has 0 aliphatic carbocycles. The number of rotatable bonds is 6. The molecule has 0 fully saturated rings. The van der Waals surface area contributed by atoms with Gasteiger partial charge in [0, 0.05) is 21.3 Å². The second-order valence-electron chi connectivity index (χ2n) is 4.95. The van der Waals surface area contributed by atoms with Crippen molar-refractivity contribution >= 4 is 50.8 Å². The molecule has 0 unspecified atom stereocenters. The van der Waals surface area contributed by atoms with Crippen molar-refractivity contribution in [3.8, 4) is 0 Å². The summed E-state index contributed by atoms with van der Waals surface area (Å²) < 4.78 is 25.4. The molecule has 0 aliphatic heterocycles. The van der Waals surface area contributed by atoms with Crippen LogP contribution in [-0.2, 0) is 10.0 Å². The summed E-state index contributed by atoms with van der Waals surface area (Å²) in [7, 11) is -3.33. The first kappa shape index (κ1) is 18.5. The second-order valence-corrected chi connectivity index (χ2v) is 7.80. The lowest BCUT2D eigenvalue weighted by Gasteiger charge is -2.06. The van der Waals surface area contributed by atoms with Crippen molar-refractivity contribution in [3.63, 3.8) is 0 Å². The fourth-order valence-corrected chi connectivity index (χ4v) is 2.96. The smallest absolute Gasteiger partial charge is 0.232 e. The maximum Gasteiger partial charge on any atom is 0.232 e. The van der Waals surface area contributed by atoms with Crippen LogP contribution in [0.1, 0.15) is 22.8 Å². The van der Waals surface area contributed by atoms with E-state index in [1.807, 2.05) is 0 Å². The Balaban J connectivity index is 2.11. The third kappa shape index (κ3) is 5.09. The van der Waals surface area contributed by atoms with Crippen molar-refractivity contribution in [3.05, 3.63) is 69.7 Å². The zero-order valence-corrected chi connectivity index (χ0v) is 15.1. The van der Waals surface area contributed by atoms with Crippen molar-refractivity contribution in [2.45, 2.75) is 6.92 Å². The Morgan fingerprint density at radius 1 is 1.12 bits per heavy atom. The molecule has 2 aromatic rings. The third-order valence-electron chi connectivity index (χ3n) is 3.20. The minimum absolute atomic E-state index is 0.0156. The first-order valence-corrected chi connectivity index (χ1v) is 9.49. The Kier molecular flexibility index (Phi) is 6.04. The average molecular weight is 384 g/mol. The van der Waals surface area contributed by atoms with E-state index in [-0.39, 0.29) is 11.5 Å². The van der Waals surface area contributed by atoms with E-state index in [9.17, 15) is 13.2 Å². The van der Waals surface area contributed by atoms with Crippen LogP contribution >= 0.6 is 23.2 Å². The van der Waals surface area contributed by atoms with Crippen LogP contribution < -0.4 is 4.72 Å². The molecule has 0 saturated heterocycles. The van der Waals surface area contributed by atoms with Crippen molar-refractivity contribution in [2.24, 2.45) is 0 Å². The third-order valence-corrected chi connectivity index (χ3v) is 5.07. The van der Waals surface area contributed by atoms with Gasteiger partial charge in [0.05, 0.1) is 5.75 Å². The molecule has 0 amide bonds. The SMILES string of the molecule is CCS(=O)(=O)Nc1ccc(C(=O)C=Cc2ccc(Cl)cc2Cl)cc1. The van der Waals surface area contributed by atoms with Gasteiger partial charge >= 0.3 is 0 Å². The van der Waals surface area contributed by atoms with Crippen molar-refractivity contribution in [2.75, 3.05) is 10.5 Å². The normalized spacial score (nSPS) is 11.6. The molecule has 1 N–H and O–H groups in total. The highest BCUT2D eigenvalue weighted by atomic mass is 35.5. The number of halogens is 2. The Bertz CT molecular complexity index is 875. The number of hydrogen-bond acceptors (Lipinski definition) is 3. The molecule has 2 aromatic carbocycles. The number of ketones is 1. The summed E-state index contributed by atoms with van der Waals surface area (Å²) >= 11 is 11.9. The van der Waals surface area contributed by atoms with E-state index in [4.69, 9.17) is 23.2 Å². The molecule has 0 atom stereocenters. The molecule has 126 valence electrons. The summed E-state index contributed by atoms with van der Waals surface area (Å²) in [5.41, 5.74) is 1.54. The molecule has 0 spiro atoms. The number of benzene rings is 2. The fourth-order valence-electron chi connectivity index (χ4n) is 1.85. The predicted molar refractivity (Wildman–Crippen MR) is 99.4 cm³/mol. The zero-order chi connectivity index (χ0) is 17.7. The van der Waals surface area contributed by atoms with Crippen LogP contribution in [0.2, 0.25) is 10.0 Å². The van der Waals surface area contributed by atoms with Crippen molar-refractivity contribution in [1.82, 2.24) is 0 Å². The summed E-state index contributed by atoms with van der Waals surface area (Å²) in [6.45, 7) is 1.55. The van der Waals surface area contributed by atoms with Gasteiger partial charge in [-0.05, 0) is 61.0 Å². The van der Waals surface area contributed by atoms with E-state index < -0.39 is 10.0 Å². The molecular weight excluding hydrogens is 369 g/mol. The summed E-state index contributed by atoms with van der Waals surface area (Å²) in [5, 5.41) is 0.976. The Hall–Kier alpha value is -1.82. The van der Waals surface area contributed by atoms with Gasteiger partial charge in [-0.3, -0.25) is 9.52 Å². The molecule has 0 heterocycles. The lowest BCUT2D eigenvalue weighted by molar-refractivity contribution is 0.104. The van der Waals surface area contributed by atoms with Gasteiger partial charge < -0.3 is 0 Å². The van der Waals surface area contributed by atoms with Crippen LogP contribution in [0.4, 0.5) is 5.69 Å². The first-order valence-electron chi connectivity index (χ1n) is 7.09. The van der Waals surface area contributed by atoms with E-state index >= 15 is 0 Å². The summed E-state index contributed by atoms with van der Waals surface area (Å²) in [6, 6.07) is 11.2. The van der Waals surface area contributed by atoms with Crippen LogP contribution in [0.5, 0.6) is 0 Å². The van der Waals surface area contributed by atoms with Crippen molar-refractivity contribution < 1.29 is 13.2 Å². The molecule has 4 nitrogen and oxygen atoms in total. The zero-order valence-electron chi connectivity index (χ0n) is 12.8. The van der Waals surface area contributed by atoms with Crippen molar-refractivity contribution in [1.29, 1.82) is 0 Å². The second kappa shape index (κ2) is 7.83. The number of carbonyl (C=O) groups is 1. The highest BCUT2D eigenvalue weighted by Crippen LogP contribution is 2.22. The van der Waals surface area contributed by atoms with Gasteiger partial charge in [-0.1, -0.05) is 29.3 Å². The number of anilines is 1. The highest BCUT2D eigenvalue weighted by Gasteiger charge is 2.08. The van der Waals surface area contributed by atoms with Gasteiger partial charge in [0.1, 0.15) is 0 Å². The Morgan fingerprint density at radius 2 is 1.79 bits per heavy atom. The standard InChI is InChI=1S/C17H15Cl2NO3S/c1-2-24(22,23)20-15-8-4-13(5-9-15)17(21)10-6-12-3-7-14(18)11-16(12)19/h3-11,20H,2H2,1H3. The molecular formula is C17H15Cl2NO3S. The van der Waals surface area contributed by atoms with Gasteiger partial charge in [0.15, 0.2) is 5.78 Å². The van der Waals surface area contributed by atoms with Gasteiger partial charge in [-0.2, -0.15) is 0 Å². The molecule has 24 heavy (non-hydrogen) atoms. The van der Waals surface area contributed by atoms with E-state index in [2.05, 4.69) is 4.72 Å². The van der Waals surface area contributed by atoms with Crippen LogP contribution in [0.15, 0.2) is 48.5 Å². The quantitative estimate of drug-likeness (QED) is 0.583. The highest BCUT2D eigenvalue weighted by molar-refractivity contribution is 7.92. The minimum Gasteiger partial charge on any atom is -0.289 e. The van der Waals surface area contributed by atoms with E-state index in [1.165, 1.54) is 6.08 Å². The monoisotopic (exact) mass is 383 g/mol. The van der Waals surface area contributed by atoms with E-state index in [1.54, 1.807) is 55.5 Å². The largest absolute Gasteiger partial charge is 0.289 e. The molecule has 2 rings (SSSR count). The number of carbonyl (C=O) groups excluding carboxylic acids is 1. The van der Waals surface area contributed by atoms with Crippen LogP contribution in [-0.4, -0.2) is 20.0 Å². The Morgan fingerprint density at radius 3 is 2.38 bits per heavy atom. The van der Waals surface area contributed by atoms with E-state index in [0.717, 1.165) is 0 Å². The average Bonchev–Trinajstić information content (AvgIpc) is 2.54. The maximum atomic E-state index is 12.2. The summed E-state index contributed by atoms with van der Waals surface area (Å²) in [4.78, 5) is 12.2. The minimum atomic E-state index is -3.33. The summed E-state index contributed by atoms with van der Waals surface area (Å²) in [5.74, 6) is -0.232. The molecule has 0 aromatic heterocycles. The topological polar surface area (TPSA) is 63.2 Å². The lowest BCUT2D eigenvalue weighted by atomic mass is 10.1. The lowest BCUT2D eigenvalue weighted by Crippen LogP contribution is -2.14. The van der Waals surface area contributed by atoms with Crippen LogP contribution in [0.3, 0.4) is 0 Å². The predicted octanol–water partition coefficient (Wildman–Crippen LogP) is 4.65. The van der Waals surface area contributed by atoms with Gasteiger partial charge in [-0.15, -0.1) is 0 Å². The summed E-state index contributed by atoms with van der Waals surface area (Å²) in [6.07, 6.45) is 3.01. The van der Waals surface area contributed by atoms with Gasteiger partial charge in [0.25, 0.3) is 0 Å². The van der Waals surface area contributed by atoms with Gasteiger partial charge in [0.2, 0.25) is 10.0 Å². The molecule has 7 heteroatoms. The molecule has 0 saturated carbocycles. The Labute approximate surface area is 151 Å². The number of nitrogens with one attached hydrogen (secondary N) is 1. The number of sulfonamides is 1. The number of allylic oxidation sites excluding steroid dienone is 1. The number of hydrogen-bond donors (Lipinski definition) is 1.